The number of ether oxygens (including phenoxy) is 1. The van der Waals surface area contributed by atoms with Crippen LogP contribution in [0, 0.1) is 17.2 Å². The molecular weight excluding hydrogens is 156 g/mol. The molecule has 68 valence electrons. The molecule has 0 aromatic heterocycles. The van der Waals surface area contributed by atoms with Crippen LogP contribution in [0.1, 0.15) is 13.8 Å². The molecule has 0 heterocycles. The van der Waals surface area contributed by atoms with Crippen LogP contribution >= 0.6 is 0 Å². The number of nitrogens with one attached hydrogen (secondary N) is 1. The second-order valence-electron chi connectivity index (χ2n) is 2.78. The predicted molar refractivity (Wildman–Crippen MR) is 44.3 cm³/mol. The average molecular weight is 170 g/mol. The number of carbonyl (C=O) groups excluding carboxylic acids is 1. The lowest BCUT2D eigenvalue weighted by molar-refractivity contribution is -0.144. The van der Waals surface area contributed by atoms with E-state index in [1.165, 1.54) is 7.11 Å². The standard InChI is InChI=1S/C8H14N2O2/c1-6(2)7(8(11)12-3)10-5-4-9/h6-7,10H,5H2,1-3H3. The first-order chi connectivity index (χ1) is 5.63. The maximum absolute atomic E-state index is 11.1. The maximum atomic E-state index is 11.1. The zero-order valence-electron chi connectivity index (χ0n) is 7.63. The first-order valence-corrected chi connectivity index (χ1v) is 3.81. The summed E-state index contributed by atoms with van der Waals surface area (Å²) in [5.74, 6) is -0.189. The topological polar surface area (TPSA) is 62.1 Å². The van der Waals surface area contributed by atoms with Crippen LogP contribution in [-0.4, -0.2) is 25.7 Å². The van der Waals surface area contributed by atoms with Crippen LogP contribution < -0.4 is 5.32 Å². The minimum atomic E-state index is -0.380. The highest BCUT2D eigenvalue weighted by atomic mass is 16.5. The van der Waals surface area contributed by atoms with Crippen LogP contribution in [-0.2, 0) is 9.53 Å². The van der Waals surface area contributed by atoms with Crippen LogP contribution in [0.2, 0.25) is 0 Å². The van der Waals surface area contributed by atoms with Gasteiger partial charge in [0.2, 0.25) is 0 Å². The van der Waals surface area contributed by atoms with Gasteiger partial charge in [-0.15, -0.1) is 0 Å². The normalized spacial score (nSPS) is 12.2. The highest BCUT2D eigenvalue weighted by Crippen LogP contribution is 2.02. The molecule has 0 aromatic carbocycles. The average Bonchev–Trinajstić information content (AvgIpc) is 2.04. The summed E-state index contributed by atoms with van der Waals surface area (Å²) in [6, 6.07) is 1.53. The quantitative estimate of drug-likeness (QED) is 0.487. The summed E-state index contributed by atoms with van der Waals surface area (Å²) in [7, 11) is 1.34. The monoisotopic (exact) mass is 170 g/mol. The lowest BCUT2D eigenvalue weighted by Crippen LogP contribution is -2.41. The van der Waals surface area contributed by atoms with Crippen molar-refractivity contribution in [1.82, 2.24) is 5.32 Å². The highest BCUT2D eigenvalue weighted by Gasteiger charge is 2.21. The number of hydrogen-bond acceptors (Lipinski definition) is 4. The second-order valence-corrected chi connectivity index (χ2v) is 2.78. The molecule has 12 heavy (non-hydrogen) atoms. The van der Waals surface area contributed by atoms with Gasteiger partial charge in [0, 0.05) is 0 Å². The van der Waals surface area contributed by atoms with Gasteiger partial charge in [0.25, 0.3) is 0 Å². The van der Waals surface area contributed by atoms with E-state index in [9.17, 15) is 4.79 Å². The van der Waals surface area contributed by atoms with Crippen molar-refractivity contribution in [3.05, 3.63) is 0 Å². The van der Waals surface area contributed by atoms with Gasteiger partial charge < -0.3 is 4.74 Å². The molecule has 0 bridgehead atoms. The Morgan fingerprint density at radius 3 is 2.58 bits per heavy atom. The third-order valence-electron chi connectivity index (χ3n) is 1.52. The molecule has 4 heteroatoms. The van der Waals surface area contributed by atoms with Crippen LogP contribution in [0.5, 0.6) is 0 Å². The molecule has 1 N–H and O–H groups in total. The largest absolute Gasteiger partial charge is 0.468 e. The van der Waals surface area contributed by atoms with Crippen molar-refractivity contribution in [2.45, 2.75) is 19.9 Å². The van der Waals surface area contributed by atoms with E-state index in [0.717, 1.165) is 0 Å². The molecule has 0 radical (unpaired) electrons. The van der Waals surface area contributed by atoms with Crippen molar-refractivity contribution in [3.63, 3.8) is 0 Å². The van der Waals surface area contributed by atoms with E-state index in [4.69, 9.17) is 5.26 Å². The summed E-state index contributed by atoms with van der Waals surface area (Å²) in [5.41, 5.74) is 0. The molecule has 0 amide bonds. The van der Waals surface area contributed by atoms with Gasteiger partial charge in [-0.25, -0.2) is 0 Å². The summed E-state index contributed by atoms with van der Waals surface area (Å²) in [6.45, 7) is 3.95. The number of hydrogen-bond donors (Lipinski definition) is 1. The Balaban J connectivity index is 4.06. The van der Waals surface area contributed by atoms with Crippen molar-refractivity contribution in [1.29, 1.82) is 5.26 Å². The van der Waals surface area contributed by atoms with Crippen LogP contribution in [0.4, 0.5) is 0 Å². The molecule has 4 nitrogen and oxygen atoms in total. The fourth-order valence-corrected chi connectivity index (χ4v) is 0.874. The Morgan fingerprint density at radius 1 is 1.67 bits per heavy atom. The Kier molecular flexibility index (Phi) is 5.06. The van der Waals surface area contributed by atoms with E-state index in [2.05, 4.69) is 10.1 Å². The Morgan fingerprint density at radius 2 is 2.25 bits per heavy atom. The SMILES string of the molecule is COC(=O)C(NCC#N)C(C)C. The lowest BCUT2D eigenvalue weighted by Gasteiger charge is -2.17. The molecule has 0 aliphatic heterocycles. The van der Waals surface area contributed by atoms with Crippen LogP contribution in [0.25, 0.3) is 0 Å². The molecule has 0 saturated heterocycles. The first-order valence-electron chi connectivity index (χ1n) is 3.81. The lowest BCUT2D eigenvalue weighted by atomic mass is 10.1. The molecule has 0 aliphatic rings. The maximum Gasteiger partial charge on any atom is 0.323 e. The van der Waals surface area contributed by atoms with E-state index in [-0.39, 0.29) is 24.5 Å². The Bertz CT molecular complexity index is 184. The van der Waals surface area contributed by atoms with Crippen molar-refractivity contribution < 1.29 is 9.53 Å². The van der Waals surface area contributed by atoms with Crippen molar-refractivity contribution in [3.8, 4) is 6.07 Å². The van der Waals surface area contributed by atoms with Gasteiger partial charge in [0.15, 0.2) is 0 Å². The van der Waals surface area contributed by atoms with Crippen LogP contribution in [0.15, 0.2) is 0 Å². The van der Waals surface area contributed by atoms with E-state index >= 15 is 0 Å². The van der Waals surface area contributed by atoms with Gasteiger partial charge in [-0.05, 0) is 5.92 Å². The predicted octanol–water partition coefficient (Wildman–Crippen LogP) is 0.297. The molecular formula is C8H14N2O2. The van der Waals surface area contributed by atoms with Gasteiger partial charge in [0.05, 0.1) is 19.7 Å². The minimum absolute atomic E-state index is 0.130. The Labute approximate surface area is 72.5 Å². The smallest absolute Gasteiger partial charge is 0.323 e. The highest BCUT2D eigenvalue weighted by molar-refractivity contribution is 5.75. The first kappa shape index (κ1) is 10.9. The molecule has 1 atom stereocenters. The fraction of sp³-hybridized carbons (Fsp3) is 0.750. The number of methoxy groups -OCH3 is 1. The zero-order valence-corrected chi connectivity index (χ0v) is 7.63. The molecule has 1 unspecified atom stereocenters. The number of esters is 1. The fourth-order valence-electron chi connectivity index (χ4n) is 0.874. The van der Waals surface area contributed by atoms with E-state index in [1.54, 1.807) is 0 Å². The van der Waals surface area contributed by atoms with Gasteiger partial charge >= 0.3 is 5.97 Å². The van der Waals surface area contributed by atoms with Gasteiger partial charge in [0.1, 0.15) is 6.04 Å². The van der Waals surface area contributed by atoms with Crippen molar-refractivity contribution in [2.75, 3.05) is 13.7 Å². The van der Waals surface area contributed by atoms with Gasteiger partial charge in [-0.1, -0.05) is 13.8 Å². The van der Waals surface area contributed by atoms with E-state index in [0.29, 0.717) is 0 Å². The molecule has 0 saturated carbocycles. The molecule has 0 spiro atoms. The molecule has 0 rings (SSSR count). The third-order valence-corrected chi connectivity index (χ3v) is 1.52. The molecule has 0 aliphatic carbocycles. The number of nitrogens with zero attached hydrogens (tertiary/aromatic N) is 1. The Hall–Kier alpha value is -1.08. The summed E-state index contributed by atoms with van der Waals surface area (Å²) < 4.78 is 4.56. The number of rotatable bonds is 4. The summed E-state index contributed by atoms with van der Waals surface area (Å²) in [4.78, 5) is 11.1. The summed E-state index contributed by atoms with van der Waals surface area (Å²) >= 11 is 0. The number of carbonyl (C=O) groups is 1. The van der Waals surface area contributed by atoms with Crippen molar-refractivity contribution >= 4 is 5.97 Å². The van der Waals surface area contributed by atoms with Gasteiger partial charge in [-0.3, -0.25) is 10.1 Å². The third kappa shape index (κ3) is 3.35. The number of nitriles is 1. The second kappa shape index (κ2) is 5.56. The minimum Gasteiger partial charge on any atom is -0.468 e. The summed E-state index contributed by atoms with van der Waals surface area (Å²) in [6.07, 6.45) is 0. The van der Waals surface area contributed by atoms with Crippen molar-refractivity contribution in [2.24, 2.45) is 5.92 Å². The summed E-state index contributed by atoms with van der Waals surface area (Å²) in [5, 5.41) is 11.1. The van der Waals surface area contributed by atoms with Crippen LogP contribution in [0.3, 0.4) is 0 Å². The van der Waals surface area contributed by atoms with E-state index < -0.39 is 0 Å². The molecule has 0 aromatic rings. The molecule has 0 fully saturated rings. The van der Waals surface area contributed by atoms with E-state index in [1.807, 2.05) is 19.9 Å². The van der Waals surface area contributed by atoms with Gasteiger partial charge in [-0.2, -0.15) is 5.26 Å². The zero-order chi connectivity index (χ0) is 9.56.